The van der Waals surface area contributed by atoms with E-state index in [0.717, 1.165) is 22.3 Å². The Kier molecular flexibility index (Phi) is 11.4. The lowest BCUT2D eigenvalue weighted by Gasteiger charge is -2.39. The monoisotopic (exact) mass is 682 g/mol. The molecule has 1 aliphatic carbocycles. The van der Waals surface area contributed by atoms with Crippen LogP contribution in [0.2, 0.25) is 0 Å². The van der Waals surface area contributed by atoms with Crippen molar-refractivity contribution in [1.29, 1.82) is 0 Å². The van der Waals surface area contributed by atoms with Crippen molar-refractivity contribution in [1.82, 2.24) is 20.0 Å². The summed E-state index contributed by atoms with van der Waals surface area (Å²) in [6, 6.07) is 14.1. The first-order valence-electron chi connectivity index (χ1n) is 16.2. The second-order valence-electron chi connectivity index (χ2n) is 14.0. The van der Waals surface area contributed by atoms with E-state index in [1.54, 1.807) is 41.5 Å². The topological polar surface area (TPSA) is 175 Å². The molecule has 5 rings (SSSR count). The fourth-order valence-electron chi connectivity index (χ4n) is 5.79. The summed E-state index contributed by atoms with van der Waals surface area (Å²) >= 11 is 0. The summed E-state index contributed by atoms with van der Waals surface area (Å²) in [7, 11) is 0. The van der Waals surface area contributed by atoms with Gasteiger partial charge in [-0.3, -0.25) is 9.69 Å². The number of ether oxygens (including phenoxy) is 3. The standard InChI is InChI=1S/C25H28N2O6.C10H18N2O4/c1-25(2,3)33-23(30)26-12-13-27(21(14-26)22(28)29)24(31)32-15-20-18-10-6-4-8-16(18)17-9-5-7-11-19(17)20;1-10(2,3)16-9(15)12-5-4-11-7(6-12)8(13)14/h4-11,20-21H,12-15H2,1-3H3,(H,28,29);7,11H,4-6H2,1-3H3,(H,13,14)/t21-;7-/m00/s1. The fourth-order valence-corrected chi connectivity index (χ4v) is 5.79. The Balaban J connectivity index is 0.000000284. The van der Waals surface area contributed by atoms with Crippen LogP contribution >= 0.6 is 0 Å². The van der Waals surface area contributed by atoms with Crippen LogP contribution in [0.3, 0.4) is 0 Å². The number of hydrogen-bond acceptors (Lipinski definition) is 9. The summed E-state index contributed by atoms with van der Waals surface area (Å²) in [4.78, 5) is 63.5. The minimum Gasteiger partial charge on any atom is -0.480 e. The molecule has 3 aliphatic rings. The lowest BCUT2D eigenvalue weighted by molar-refractivity contribution is -0.145. The lowest BCUT2D eigenvalue weighted by Crippen LogP contribution is -2.60. The highest BCUT2D eigenvalue weighted by Gasteiger charge is 2.40. The number of piperazine rings is 2. The van der Waals surface area contributed by atoms with Crippen LogP contribution < -0.4 is 5.32 Å². The summed E-state index contributed by atoms with van der Waals surface area (Å²) in [5, 5.41) is 21.3. The fraction of sp³-hybridized carbons (Fsp3) is 0.514. The van der Waals surface area contributed by atoms with Crippen LogP contribution in [-0.2, 0) is 23.8 Å². The summed E-state index contributed by atoms with van der Waals surface area (Å²) in [5.74, 6) is -2.27. The largest absolute Gasteiger partial charge is 0.480 e. The molecule has 2 aromatic carbocycles. The van der Waals surface area contributed by atoms with Crippen molar-refractivity contribution in [3.8, 4) is 11.1 Å². The molecule has 3 N–H and O–H groups in total. The molecule has 2 aliphatic heterocycles. The van der Waals surface area contributed by atoms with Gasteiger partial charge in [0.15, 0.2) is 6.04 Å². The van der Waals surface area contributed by atoms with Gasteiger partial charge in [-0.25, -0.2) is 19.2 Å². The van der Waals surface area contributed by atoms with E-state index in [0.29, 0.717) is 13.1 Å². The van der Waals surface area contributed by atoms with E-state index in [9.17, 15) is 29.1 Å². The zero-order valence-electron chi connectivity index (χ0n) is 28.8. The first-order valence-corrected chi connectivity index (χ1v) is 16.2. The third-order valence-electron chi connectivity index (χ3n) is 8.01. The summed E-state index contributed by atoms with van der Waals surface area (Å²) in [6.45, 7) is 11.8. The number of carboxylic acid groups (broad SMARTS) is 2. The summed E-state index contributed by atoms with van der Waals surface area (Å²) in [5.41, 5.74) is 3.14. The molecule has 0 aromatic heterocycles. The molecule has 14 heteroatoms. The Morgan fingerprint density at radius 2 is 1.22 bits per heavy atom. The lowest BCUT2D eigenvalue weighted by atomic mass is 9.98. The maximum Gasteiger partial charge on any atom is 0.410 e. The van der Waals surface area contributed by atoms with Crippen LogP contribution in [-0.4, -0.2) is 124 Å². The molecular weight excluding hydrogens is 636 g/mol. The number of carbonyl (C=O) groups is 5. The van der Waals surface area contributed by atoms with E-state index in [-0.39, 0.29) is 38.7 Å². The zero-order valence-corrected chi connectivity index (χ0v) is 28.8. The number of carboxylic acids is 2. The van der Waals surface area contributed by atoms with Gasteiger partial charge < -0.3 is 39.5 Å². The van der Waals surface area contributed by atoms with Crippen molar-refractivity contribution in [2.75, 3.05) is 45.9 Å². The third kappa shape index (κ3) is 9.62. The quantitative estimate of drug-likeness (QED) is 0.394. The highest BCUT2D eigenvalue weighted by atomic mass is 16.6. The van der Waals surface area contributed by atoms with E-state index in [4.69, 9.17) is 19.3 Å². The van der Waals surface area contributed by atoms with Crippen molar-refractivity contribution in [3.05, 3.63) is 59.7 Å². The van der Waals surface area contributed by atoms with E-state index in [1.807, 2.05) is 48.5 Å². The van der Waals surface area contributed by atoms with Crippen LogP contribution in [0.25, 0.3) is 11.1 Å². The molecule has 2 atom stereocenters. The first-order chi connectivity index (χ1) is 22.9. The van der Waals surface area contributed by atoms with Crippen LogP contribution in [0.15, 0.2) is 48.5 Å². The van der Waals surface area contributed by atoms with Crippen molar-refractivity contribution in [2.45, 2.75) is 70.7 Å². The molecule has 2 aromatic rings. The number of carbonyl (C=O) groups excluding carboxylic acids is 3. The Morgan fingerprint density at radius 1 is 0.714 bits per heavy atom. The normalized spacial score (nSPS) is 19.1. The Morgan fingerprint density at radius 3 is 1.71 bits per heavy atom. The molecule has 0 unspecified atom stereocenters. The van der Waals surface area contributed by atoms with Gasteiger partial charge in [0, 0.05) is 32.1 Å². The predicted octanol–water partition coefficient (Wildman–Crippen LogP) is 4.22. The SMILES string of the molecule is CC(C)(C)OC(=O)N1CCN(C(=O)OCC2c3ccccc3-c3ccccc32)[C@H](C(=O)O)C1.CC(C)(C)OC(=O)N1CCN[C@H](C(=O)O)C1. The molecule has 2 heterocycles. The molecule has 0 radical (unpaired) electrons. The number of rotatable bonds is 4. The Bertz CT molecular complexity index is 1500. The van der Waals surface area contributed by atoms with Gasteiger partial charge in [-0.05, 0) is 63.8 Å². The number of benzene rings is 2. The highest BCUT2D eigenvalue weighted by Crippen LogP contribution is 2.44. The second kappa shape index (κ2) is 15.1. The summed E-state index contributed by atoms with van der Waals surface area (Å²) < 4.78 is 16.1. The van der Waals surface area contributed by atoms with E-state index in [2.05, 4.69) is 5.32 Å². The average molecular weight is 683 g/mol. The molecule has 2 saturated heterocycles. The third-order valence-corrected chi connectivity index (χ3v) is 8.01. The van der Waals surface area contributed by atoms with Gasteiger partial charge >= 0.3 is 30.2 Å². The van der Waals surface area contributed by atoms with Crippen LogP contribution in [0.5, 0.6) is 0 Å². The summed E-state index contributed by atoms with van der Waals surface area (Å²) in [6.07, 6.45) is -1.76. The maximum atomic E-state index is 12.9. The molecule has 14 nitrogen and oxygen atoms in total. The molecule has 0 saturated carbocycles. The van der Waals surface area contributed by atoms with Gasteiger partial charge in [-0.1, -0.05) is 48.5 Å². The van der Waals surface area contributed by atoms with E-state index in [1.165, 1.54) is 14.7 Å². The number of nitrogens with one attached hydrogen (secondary N) is 1. The van der Waals surface area contributed by atoms with Gasteiger partial charge in [0.05, 0.1) is 13.1 Å². The molecule has 0 spiro atoms. The average Bonchev–Trinajstić information content (AvgIpc) is 3.35. The van der Waals surface area contributed by atoms with Gasteiger partial charge in [-0.15, -0.1) is 0 Å². The zero-order chi connectivity index (χ0) is 36.1. The van der Waals surface area contributed by atoms with Gasteiger partial charge in [0.25, 0.3) is 0 Å². The smallest absolute Gasteiger partial charge is 0.410 e. The van der Waals surface area contributed by atoms with Crippen molar-refractivity contribution >= 4 is 30.2 Å². The van der Waals surface area contributed by atoms with Crippen LogP contribution in [0.1, 0.15) is 58.6 Å². The molecule has 2 fully saturated rings. The molecule has 3 amide bonds. The number of aliphatic carboxylic acids is 2. The van der Waals surface area contributed by atoms with E-state index >= 15 is 0 Å². The van der Waals surface area contributed by atoms with Crippen LogP contribution in [0.4, 0.5) is 14.4 Å². The Labute approximate surface area is 285 Å². The number of fused-ring (bicyclic) bond motifs is 3. The molecule has 49 heavy (non-hydrogen) atoms. The van der Waals surface area contributed by atoms with Crippen LogP contribution in [0, 0.1) is 0 Å². The second-order valence-corrected chi connectivity index (χ2v) is 14.0. The van der Waals surface area contributed by atoms with Gasteiger partial charge in [-0.2, -0.15) is 0 Å². The minimum absolute atomic E-state index is 0.0485. The Hall–Kier alpha value is -4.85. The number of nitrogens with zero attached hydrogens (tertiary/aromatic N) is 3. The van der Waals surface area contributed by atoms with E-state index < -0.39 is 53.5 Å². The van der Waals surface area contributed by atoms with Crippen molar-refractivity contribution < 1.29 is 48.4 Å². The number of amides is 3. The van der Waals surface area contributed by atoms with Crippen molar-refractivity contribution in [3.63, 3.8) is 0 Å². The molecule has 266 valence electrons. The number of hydrogen-bond donors (Lipinski definition) is 3. The van der Waals surface area contributed by atoms with Gasteiger partial charge in [0.1, 0.15) is 23.9 Å². The minimum atomic E-state index is -1.21. The highest BCUT2D eigenvalue weighted by molar-refractivity contribution is 5.82. The molecular formula is C35H46N4O10. The molecule has 0 bridgehead atoms. The maximum absolute atomic E-state index is 12.9. The van der Waals surface area contributed by atoms with Crippen molar-refractivity contribution in [2.24, 2.45) is 0 Å². The van der Waals surface area contributed by atoms with Gasteiger partial charge in [0.2, 0.25) is 0 Å². The predicted molar refractivity (Wildman–Crippen MR) is 178 cm³/mol. The first kappa shape index (κ1) is 37.0.